The van der Waals surface area contributed by atoms with Crippen molar-refractivity contribution in [2.75, 3.05) is 11.9 Å². The van der Waals surface area contributed by atoms with E-state index in [1.165, 1.54) is 0 Å². The van der Waals surface area contributed by atoms with Gasteiger partial charge in [0.1, 0.15) is 5.03 Å². The summed E-state index contributed by atoms with van der Waals surface area (Å²) in [5, 5.41) is 4.13. The molecule has 1 aromatic heterocycles. The first-order valence-corrected chi connectivity index (χ1v) is 7.39. The molecule has 0 aliphatic rings. The van der Waals surface area contributed by atoms with Crippen LogP contribution >= 0.6 is 27.7 Å². The van der Waals surface area contributed by atoms with E-state index in [4.69, 9.17) is 0 Å². The topological polar surface area (TPSA) is 37.8 Å². The Morgan fingerprint density at radius 2 is 2.22 bits per heavy atom. The largest absolute Gasteiger partial charge is 0.354 e. The standard InChI is InChI=1S/C13H14BrN3S/c1-2-7-15-13-16-8-6-12(17-13)18-11-5-3-4-10(14)9-11/h3-6,8-9H,2,7H2,1H3,(H,15,16,17). The second-order valence-corrected chi connectivity index (χ2v) is 5.71. The fourth-order valence-corrected chi connectivity index (χ4v) is 2.76. The summed E-state index contributed by atoms with van der Waals surface area (Å²) in [6, 6.07) is 10.1. The highest BCUT2D eigenvalue weighted by atomic mass is 79.9. The normalized spacial score (nSPS) is 10.3. The van der Waals surface area contributed by atoms with E-state index >= 15 is 0 Å². The van der Waals surface area contributed by atoms with E-state index in [-0.39, 0.29) is 0 Å². The van der Waals surface area contributed by atoms with Crippen molar-refractivity contribution in [3.63, 3.8) is 0 Å². The number of hydrogen-bond donors (Lipinski definition) is 1. The second kappa shape index (κ2) is 6.75. The molecule has 0 atom stereocenters. The predicted octanol–water partition coefficient (Wildman–Crippen LogP) is 4.21. The highest BCUT2D eigenvalue weighted by Crippen LogP contribution is 2.28. The van der Waals surface area contributed by atoms with Gasteiger partial charge in [0.05, 0.1) is 0 Å². The van der Waals surface area contributed by atoms with Crippen LogP contribution in [-0.4, -0.2) is 16.5 Å². The molecule has 2 rings (SSSR count). The van der Waals surface area contributed by atoms with Gasteiger partial charge in [-0.25, -0.2) is 9.97 Å². The number of rotatable bonds is 5. The van der Waals surface area contributed by atoms with Crippen molar-refractivity contribution < 1.29 is 0 Å². The quantitative estimate of drug-likeness (QED) is 0.836. The van der Waals surface area contributed by atoms with Gasteiger partial charge in [0.15, 0.2) is 0 Å². The van der Waals surface area contributed by atoms with Gasteiger partial charge in [0.2, 0.25) is 5.95 Å². The van der Waals surface area contributed by atoms with Crippen molar-refractivity contribution >= 4 is 33.6 Å². The zero-order chi connectivity index (χ0) is 12.8. The number of benzene rings is 1. The van der Waals surface area contributed by atoms with Crippen LogP contribution in [0, 0.1) is 0 Å². The van der Waals surface area contributed by atoms with Gasteiger partial charge in [-0.15, -0.1) is 0 Å². The minimum Gasteiger partial charge on any atom is -0.354 e. The van der Waals surface area contributed by atoms with Crippen molar-refractivity contribution in [2.24, 2.45) is 0 Å². The molecule has 5 heteroatoms. The maximum Gasteiger partial charge on any atom is 0.223 e. The van der Waals surface area contributed by atoms with Crippen LogP contribution in [0.25, 0.3) is 0 Å². The lowest BCUT2D eigenvalue weighted by atomic mass is 10.4. The molecule has 3 nitrogen and oxygen atoms in total. The van der Waals surface area contributed by atoms with Crippen LogP contribution < -0.4 is 5.32 Å². The maximum absolute atomic E-state index is 4.46. The molecule has 0 amide bonds. The molecular weight excluding hydrogens is 310 g/mol. The Labute approximate surface area is 120 Å². The monoisotopic (exact) mass is 323 g/mol. The lowest BCUT2D eigenvalue weighted by Crippen LogP contribution is -2.03. The molecule has 0 bridgehead atoms. The number of halogens is 1. The third-order valence-electron chi connectivity index (χ3n) is 2.18. The second-order valence-electron chi connectivity index (χ2n) is 3.70. The fraction of sp³-hybridized carbons (Fsp3) is 0.231. The molecule has 0 aliphatic heterocycles. The van der Waals surface area contributed by atoms with Crippen LogP contribution in [0.5, 0.6) is 0 Å². The number of anilines is 1. The summed E-state index contributed by atoms with van der Waals surface area (Å²) in [6.07, 6.45) is 2.84. The summed E-state index contributed by atoms with van der Waals surface area (Å²) in [5.41, 5.74) is 0. The molecule has 0 fully saturated rings. The third-order valence-corrected chi connectivity index (χ3v) is 3.60. The molecule has 18 heavy (non-hydrogen) atoms. The minimum atomic E-state index is 0.692. The molecule has 1 heterocycles. The first-order valence-electron chi connectivity index (χ1n) is 5.78. The molecule has 0 aliphatic carbocycles. The molecule has 2 aromatic rings. The minimum absolute atomic E-state index is 0.692. The number of nitrogens with one attached hydrogen (secondary N) is 1. The molecule has 1 N–H and O–H groups in total. The van der Waals surface area contributed by atoms with Gasteiger partial charge in [0.25, 0.3) is 0 Å². The van der Waals surface area contributed by atoms with Crippen LogP contribution in [0.1, 0.15) is 13.3 Å². The molecule has 0 spiro atoms. The summed E-state index contributed by atoms with van der Waals surface area (Å²) in [6.45, 7) is 3.01. The molecule has 0 unspecified atom stereocenters. The molecular formula is C13H14BrN3S. The Morgan fingerprint density at radius 1 is 1.33 bits per heavy atom. The van der Waals surface area contributed by atoms with Crippen LogP contribution in [0.15, 0.2) is 50.9 Å². The van der Waals surface area contributed by atoms with Gasteiger partial charge < -0.3 is 5.32 Å². The van der Waals surface area contributed by atoms with Crippen molar-refractivity contribution in [3.8, 4) is 0 Å². The third kappa shape index (κ3) is 3.99. The Balaban J connectivity index is 2.09. The van der Waals surface area contributed by atoms with E-state index in [0.717, 1.165) is 27.4 Å². The van der Waals surface area contributed by atoms with E-state index in [2.05, 4.69) is 50.3 Å². The maximum atomic E-state index is 4.46. The number of nitrogens with zero attached hydrogens (tertiary/aromatic N) is 2. The highest BCUT2D eigenvalue weighted by molar-refractivity contribution is 9.10. The smallest absolute Gasteiger partial charge is 0.223 e. The van der Waals surface area contributed by atoms with Crippen LogP contribution in [0.4, 0.5) is 5.95 Å². The fourth-order valence-electron chi connectivity index (χ4n) is 1.37. The van der Waals surface area contributed by atoms with Crippen LogP contribution in [-0.2, 0) is 0 Å². The van der Waals surface area contributed by atoms with E-state index in [1.807, 2.05) is 18.2 Å². The SMILES string of the molecule is CCCNc1nccc(Sc2cccc(Br)c2)n1. The Kier molecular flexibility index (Phi) is 5.01. The van der Waals surface area contributed by atoms with Crippen molar-refractivity contribution in [2.45, 2.75) is 23.3 Å². The summed E-state index contributed by atoms with van der Waals surface area (Å²) >= 11 is 5.09. The molecule has 0 radical (unpaired) electrons. The molecule has 94 valence electrons. The zero-order valence-electron chi connectivity index (χ0n) is 10.1. The molecule has 0 saturated carbocycles. The van der Waals surface area contributed by atoms with Gasteiger partial charge in [-0.1, -0.05) is 40.7 Å². The predicted molar refractivity (Wildman–Crippen MR) is 79.1 cm³/mol. The lowest BCUT2D eigenvalue weighted by molar-refractivity contribution is 0.935. The van der Waals surface area contributed by atoms with E-state index in [9.17, 15) is 0 Å². The van der Waals surface area contributed by atoms with Gasteiger partial charge >= 0.3 is 0 Å². The van der Waals surface area contributed by atoms with E-state index in [0.29, 0.717) is 5.95 Å². The highest BCUT2D eigenvalue weighted by Gasteiger charge is 2.01. The zero-order valence-corrected chi connectivity index (χ0v) is 12.5. The average molecular weight is 324 g/mol. The van der Waals surface area contributed by atoms with Gasteiger partial charge in [-0.2, -0.15) is 0 Å². The van der Waals surface area contributed by atoms with Crippen molar-refractivity contribution in [3.05, 3.63) is 41.0 Å². The summed E-state index contributed by atoms with van der Waals surface area (Å²) in [4.78, 5) is 9.81. The molecule has 0 saturated heterocycles. The Hall–Kier alpha value is -1.07. The first-order chi connectivity index (χ1) is 8.78. The van der Waals surface area contributed by atoms with Crippen molar-refractivity contribution in [1.29, 1.82) is 0 Å². The summed E-state index contributed by atoms with van der Waals surface area (Å²) < 4.78 is 1.07. The van der Waals surface area contributed by atoms with E-state index < -0.39 is 0 Å². The number of hydrogen-bond acceptors (Lipinski definition) is 4. The van der Waals surface area contributed by atoms with Gasteiger partial charge in [0, 0.05) is 22.1 Å². The Bertz CT molecular complexity index is 519. The van der Waals surface area contributed by atoms with Crippen molar-refractivity contribution in [1.82, 2.24) is 9.97 Å². The van der Waals surface area contributed by atoms with Gasteiger partial charge in [-0.3, -0.25) is 0 Å². The molecule has 1 aromatic carbocycles. The summed E-state index contributed by atoms with van der Waals surface area (Å²) in [7, 11) is 0. The first kappa shape index (κ1) is 13.4. The van der Waals surface area contributed by atoms with Crippen LogP contribution in [0.2, 0.25) is 0 Å². The lowest BCUT2D eigenvalue weighted by Gasteiger charge is -2.05. The van der Waals surface area contributed by atoms with Gasteiger partial charge in [-0.05, 0) is 30.7 Å². The Morgan fingerprint density at radius 3 is 3.00 bits per heavy atom. The number of aromatic nitrogens is 2. The summed E-state index contributed by atoms with van der Waals surface area (Å²) in [5.74, 6) is 0.692. The average Bonchev–Trinajstić information content (AvgIpc) is 2.37. The van der Waals surface area contributed by atoms with E-state index in [1.54, 1.807) is 18.0 Å². The van der Waals surface area contributed by atoms with Crippen LogP contribution in [0.3, 0.4) is 0 Å².